The van der Waals surface area contributed by atoms with Gasteiger partial charge in [-0.25, -0.2) is 4.79 Å². The highest BCUT2D eigenvalue weighted by atomic mass is 16.4. The van der Waals surface area contributed by atoms with Gasteiger partial charge in [-0.2, -0.15) is 0 Å². The first kappa shape index (κ1) is 11.8. The van der Waals surface area contributed by atoms with Crippen molar-refractivity contribution >= 4 is 12.0 Å². The topological polar surface area (TPSA) is 69.6 Å². The monoisotopic (exact) mass is 214 g/mol. The van der Waals surface area contributed by atoms with Gasteiger partial charge in [0.1, 0.15) is 0 Å². The molecule has 0 aliphatic carbocycles. The van der Waals surface area contributed by atoms with Crippen LogP contribution in [0.15, 0.2) is 0 Å². The number of carboxylic acids is 1. The summed E-state index contributed by atoms with van der Waals surface area (Å²) in [7, 11) is 0. The summed E-state index contributed by atoms with van der Waals surface area (Å²) in [5.74, 6) is -1.19. The third-order valence-corrected chi connectivity index (χ3v) is 2.74. The first-order valence-electron chi connectivity index (χ1n) is 5.31. The van der Waals surface area contributed by atoms with E-state index in [9.17, 15) is 9.59 Å². The fraction of sp³-hybridized carbons (Fsp3) is 0.800. The summed E-state index contributed by atoms with van der Waals surface area (Å²) in [6.45, 7) is 5.35. The molecule has 2 amide bonds. The summed E-state index contributed by atoms with van der Waals surface area (Å²) >= 11 is 0. The molecule has 1 heterocycles. The van der Waals surface area contributed by atoms with Crippen molar-refractivity contribution < 1.29 is 14.7 Å². The molecule has 15 heavy (non-hydrogen) atoms. The van der Waals surface area contributed by atoms with E-state index in [1.165, 1.54) is 0 Å². The van der Waals surface area contributed by atoms with Crippen molar-refractivity contribution in [1.82, 2.24) is 10.2 Å². The Bertz CT molecular complexity index is 255. The van der Waals surface area contributed by atoms with Crippen molar-refractivity contribution in [3.63, 3.8) is 0 Å². The lowest BCUT2D eigenvalue weighted by molar-refractivity contribution is -0.142. The number of hydrogen-bond donors (Lipinski definition) is 2. The van der Waals surface area contributed by atoms with Gasteiger partial charge in [0.25, 0.3) is 0 Å². The molecule has 0 unspecified atom stereocenters. The van der Waals surface area contributed by atoms with Crippen molar-refractivity contribution in [2.75, 3.05) is 19.6 Å². The molecule has 1 aliphatic heterocycles. The number of aliphatic carboxylic acids is 1. The third kappa shape index (κ3) is 2.84. The Morgan fingerprint density at radius 3 is 2.60 bits per heavy atom. The molecule has 1 saturated heterocycles. The zero-order valence-corrected chi connectivity index (χ0v) is 9.19. The van der Waals surface area contributed by atoms with E-state index < -0.39 is 11.9 Å². The van der Waals surface area contributed by atoms with E-state index in [1.807, 2.05) is 13.8 Å². The SMILES string of the molecule is CCCNC(=O)N1C[C@@H](C)[C@H](C(=O)O)C1. The number of amides is 2. The molecule has 0 aromatic rings. The molecule has 0 bridgehead atoms. The summed E-state index contributed by atoms with van der Waals surface area (Å²) in [6, 6.07) is -0.146. The van der Waals surface area contributed by atoms with Gasteiger partial charge in [-0.05, 0) is 12.3 Å². The number of rotatable bonds is 3. The van der Waals surface area contributed by atoms with Gasteiger partial charge in [-0.3, -0.25) is 4.79 Å². The van der Waals surface area contributed by atoms with Crippen molar-refractivity contribution in [1.29, 1.82) is 0 Å². The molecule has 0 aromatic carbocycles. The second-order valence-corrected chi connectivity index (χ2v) is 4.06. The zero-order valence-electron chi connectivity index (χ0n) is 9.19. The van der Waals surface area contributed by atoms with Gasteiger partial charge in [-0.1, -0.05) is 13.8 Å². The van der Waals surface area contributed by atoms with Crippen LogP contribution >= 0.6 is 0 Å². The molecule has 5 heteroatoms. The van der Waals surface area contributed by atoms with Crippen molar-refractivity contribution in [3.05, 3.63) is 0 Å². The quantitative estimate of drug-likeness (QED) is 0.728. The maximum atomic E-state index is 11.5. The number of hydrogen-bond acceptors (Lipinski definition) is 2. The van der Waals surface area contributed by atoms with Crippen LogP contribution in [0.4, 0.5) is 4.79 Å². The standard InChI is InChI=1S/C10H18N2O3/c1-3-4-11-10(15)12-5-7(2)8(6-12)9(13)14/h7-8H,3-6H2,1-2H3,(H,11,15)(H,13,14)/t7-,8-/m1/s1. The fourth-order valence-electron chi connectivity index (χ4n) is 1.80. The lowest BCUT2D eigenvalue weighted by atomic mass is 9.99. The molecule has 2 N–H and O–H groups in total. The van der Waals surface area contributed by atoms with E-state index in [0.29, 0.717) is 19.6 Å². The van der Waals surface area contributed by atoms with Gasteiger partial charge < -0.3 is 15.3 Å². The Kier molecular flexibility index (Phi) is 3.94. The van der Waals surface area contributed by atoms with Crippen molar-refractivity contribution in [3.8, 4) is 0 Å². The van der Waals surface area contributed by atoms with Gasteiger partial charge in [-0.15, -0.1) is 0 Å². The molecule has 1 fully saturated rings. The van der Waals surface area contributed by atoms with Gasteiger partial charge >= 0.3 is 12.0 Å². The molecular formula is C10H18N2O3. The molecule has 0 spiro atoms. The van der Waals surface area contributed by atoms with Gasteiger partial charge in [0.05, 0.1) is 5.92 Å². The van der Waals surface area contributed by atoms with E-state index in [-0.39, 0.29) is 11.9 Å². The van der Waals surface area contributed by atoms with Crippen LogP contribution in [-0.2, 0) is 4.79 Å². The Labute approximate surface area is 89.4 Å². The second-order valence-electron chi connectivity index (χ2n) is 4.06. The van der Waals surface area contributed by atoms with Gasteiger partial charge in [0, 0.05) is 19.6 Å². The predicted molar refractivity (Wildman–Crippen MR) is 55.6 cm³/mol. The number of nitrogens with one attached hydrogen (secondary N) is 1. The first-order chi connectivity index (χ1) is 7.06. The fourth-order valence-corrected chi connectivity index (χ4v) is 1.80. The Balaban J connectivity index is 2.47. The molecule has 0 saturated carbocycles. The minimum absolute atomic E-state index is 0.0369. The van der Waals surface area contributed by atoms with E-state index >= 15 is 0 Å². The van der Waals surface area contributed by atoms with Gasteiger partial charge in [0.15, 0.2) is 0 Å². The summed E-state index contributed by atoms with van der Waals surface area (Å²) in [4.78, 5) is 24.0. The van der Waals surface area contributed by atoms with Crippen LogP contribution in [0.1, 0.15) is 20.3 Å². The lowest BCUT2D eigenvalue weighted by Gasteiger charge is -2.16. The van der Waals surface area contributed by atoms with Crippen molar-refractivity contribution in [2.45, 2.75) is 20.3 Å². The maximum Gasteiger partial charge on any atom is 0.317 e. The molecule has 1 rings (SSSR count). The first-order valence-corrected chi connectivity index (χ1v) is 5.31. The van der Waals surface area contributed by atoms with Crippen LogP contribution in [0.25, 0.3) is 0 Å². The Morgan fingerprint density at radius 2 is 2.13 bits per heavy atom. The van der Waals surface area contributed by atoms with Crippen LogP contribution in [0, 0.1) is 11.8 Å². The minimum Gasteiger partial charge on any atom is -0.481 e. The summed E-state index contributed by atoms with van der Waals surface area (Å²) in [5, 5.41) is 11.6. The molecule has 0 radical (unpaired) electrons. The van der Waals surface area contributed by atoms with Crippen LogP contribution < -0.4 is 5.32 Å². The summed E-state index contributed by atoms with van der Waals surface area (Å²) in [5.41, 5.74) is 0. The summed E-state index contributed by atoms with van der Waals surface area (Å²) < 4.78 is 0. The average molecular weight is 214 g/mol. The van der Waals surface area contributed by atoms with E-state index in [4.69, 9.17) is 5.11 Å². The van der Waals surface area contributed by atoms with Gasteiger partial charge in [0.2, 0.25) is 0 Å². The van der Waals surface area contributed by atoms with Crippen molar-refractivity contribution in [2.24, 2.45) is 11.8 Å². The number of urea groups is 1. The van der Waals surface area contributed by atoms with Crippen LogP contribution in [-0.4, -0.2) is 41.6 Å². The highest BCUT2D eigenvalue weighted by Crippen LogP contribution is 2.22. The molecule has 5 nitrogen and oxygen atoms in total. The Hall–Kier alpha value is -1.26. The molecule has 86 valence electrons. The Morgan fingerprint density at radius 1 is 1.47 bits per heavy atom. The number of carbonyl (C=O) groups excluding carboxylic acids is 1. The lowest BCUT2D eigenvalue weighted by Crippen LogP contribution is -2.39. The number of likely N-dealkylation sites (tertiary alicyclic amines) is 1. The molecule has 1 aliphatic rings. The molecule has 0 aromatic heterocycles. The minimum atomic E-state index is -0.812. The third-order valence-electron chi connectivity index (χ3n) is 2.74. The smallest absolute Gasteiger partial charge is 0.317 e. The number of nitrogens with zero attached hydrogens (tertiary/aromatic N) is 1. The zero-order chi connectivity index (χ0) is 11.4. The molecule has 2 atom stereocenters. The van der Waals surface area contributed by atoms with Crippen LogP contribution in [0.2, 0.25) is 0 Å². The highest BCUT2D eigenvalue weighted by molar-refractivity contribution is 5.77. The normalized spacial score (nSPS) is 25.3. The maximum absolute atomic E-state index is 11.5. The number of carbonyl (C=O) groups is 2. The van der Waals surface area contributed by atoms with E-state index in [1.54, 1.807) is 4.90 Å². The van der Waals surface area contributed by atoms with Crippen LogP contribution in [0.3, 0.4) is 0 Å². The molecular weight excluding hydrogens is 196 g/mol. The number of carboxylic acid groups (broad SMARTS) is 1. The van der Waals surface area contributed by atoms with E-state index in [0.717, 1.165) is 6.42 Å². The summed E-state index contributed by atoms with van der Waals surface area (Å²) in [6.07, 6.45) is 0.886. The van der Waals surface area contributed by atoms with E-state index in [2.05, 4.69) is 5.32 Å². The highest BCUT2D eigenvalue weighted by Gasteiger charge is 2.36. The largest absolute Gasteiger partial charge is 0.481 e. The van der Waals surface area contributed by atoms with Crippen LogP contribution in [0.5, 0.6) is 0 Å². The predicted octanol–water partition coefficient (Wildman–Crippen LogP) is 0.759. The second kappa shape index (κ2) is 5.00. The average Bonchev–Trinajstić information content (AvgIpc) is 2.56.